The summed E-state index contributed by atoms with van der Waals surface area (Å²) in [6.45, 7) is 1.58. The van der Waals surface area contributed by atoms with Crippen LogP contribution in [0, 0.1) is 0 Å². The largest absolute Gasteiger partial charge is 0.394 e. The van der Waals surface area contributed by atoms with Crippen molar-refractivity contribution in [1.82, 2.24) is 4.98 Å². The van der Waals surface area contributed by atoms with E-state index in [0.717, 1.165) is 5.82 Å². The van der Waals surface area contributed by atoms with Crippen LogP contribution >= 0.6 is 0 Å². The molecule has 0 aromatic carbocycles. The topological polar surface area (TPSA) is 92.4 Å². The fourth-order valence-electron chi connectivity index (χ4n) is 1.03. The zero-order chi connectivity index (χ0) is 10.9. The lowest BCUT2D eigenvalue weighted by Crippen LogP contribution is -2.13. The van der Waals surface area contributed by atoms with E-state index in [-0.39, 0.29) is 6.61 Å². The molecular weight excluding hydrogens is 196 g/mol. The Kier molecular flexibility index (Phi) is 5.46. The SMILES string of the molecule is NNc1cccc(NCCOCCO)n1. The van der Waals surface area contributed by atoms with Crippen molar-refractivity contribution in [3.63, 3.8) is 0 Å². The predicted molar refractivity (Wildman–Crippen MR) is 58.4 cm³/mol. The van der Waals surface area contributed by atoms with Crippen LogP contribution in [0.2, 0.25) is 0 Å². The number of aliphatic hydroxyl groups excluding tert-OH is 1. The van der Waals surface area contributed by atoms with Crippen molar-refractivity contribution in [2.24, 2.45) is 5.84 Å². The highest BCUT2D eigenvalue weighted by Gasteiger charge is 1.94. The van der Waals surface area contributed by atoms with Gasteiger partial charge in [-0.2, -0.15) is 0 Å². The van der Waals surface area contributed by atoms with Gasteiger partial charge in [-0.25, -0.2) is 10.8 Å². The van der Waals surface area contributed by atoms with Crippen molar-refractivity contribution in [3.05, 3.63) is 18.2 Å². The van der Waals surface area contributed by atoms with Gasteiger partial charge in [-0.3, -0.25) is 0 Å². The molecule has 0 fully saturated rings. The number of hydrogen-bond donors (Lipinski definition) is 4. The average Bonchev–Trinajstić information content (AvgIpc) is 2.29. The molecule has 0 radical (unpaired) electrons. The lowest BCUT2D eigenvalue weighted by Gasteiger charge is -2.07. The molecule has 0 saturated heterocycles. The second-order valence-corrected chi connectivity index (χ2v) is 2.82. The second kappa shape index (κ2) is 6.99. The third kappa shape index (κ3) is 4.59. The zero-order valence-corrected chi connectivity index (χ0v) is 8.44. The van der Waals surface area contributed by atoms with E-state index in [9.17, 15) is 0 Å². The van der Waals surface area contributed by atoms with Gasteiger partial charge in [0.25, 0.3) is 0 Å². The van der Waals surface area contributed by atoms with Crippen molar-refractivity contribution < 1.29 is 9.84 Å². The fourth-order valence-corrected chi connectivity index (χ4v) is 1.03. The number of rotatable bonds is 7. The molecule has 1 rings (SSSR count). The highest BCUT2D eigenvalue weighted by Crippen LogP contribution is 2.06. The molecule has 0 unspecified atom stereocenters. The summed E-state index contributed by atoms with van der Waals surface area (Å²) < 4.78 is 5.08. The number of hydrogen-bond acceptors (Lipinski definition) is 6. The van der Waals surface area contributed by atoms with Gasteiger partial charge in [0, 0.05) is 6.54 Å². The lowest BCUT2D eigenvalue weighted by molar-refractivity contribution is 0.0992. The van der Waals surface area contributed by atoms with Crippen LogP contribution in [-0.2, 0) is 4.74 Å². The van der Waals surface area contributed by atoms with E-state index in [0.29, 0.717) is 25.6 Å². The number of aromatic nitrogens is 1. The molecule has 0 aliphatic heterocycles. The monoisotopic (exact) mass is 212 g/mol. The van der Waals surface area contributed by atoms with E-state index >= 15 is 0 Å². The summed E-state index contributed by atoms with van der Waals surface area (Å²) in [7, 11) is 0. The third-order valence-corrected chi connectivity index (χ3v) is 1.69. The molecule has 5 N–H and O–H groups in total. The summed E-state index contributed by atoms with van der Waals surface area (Å²) in [5, 5.41) is 11.5. The molecule has 1 aromatic heterocycles. The van der Waals surface area contributed by atoms with Crippen molar-refractivity contribution in [3.8, 4) is 0 Å². The van der Waals surface area contributed by atoms with Crippen LogP contribution in [0.3, 0.4) is 0 Å². The summed E-state index contributed by atoms with van der Waals surface area (Å²) >= 11 is 0. The maximum atomic E-state index is 8.47. The molecule has 0 spiro atoms. The first kappa shape index (κ1) is 11.7. The molecule has 6 nitrogen and oxygen atoms in total. The number of nitrogen functional groups attached to an aromatic ring is 1. The Morgan fingerprint density at radius 3 is 2.87 bits per heavy atom. The molecule has 84 valence electrons. The summed E-state index contributed by atoms with van der Waals surface area (Å²) in [6.07, 6.45) is 0. The normalized spacial score (nSPS) is 10.0. The molecule has 6 heteroatoms. The van der Waals surface area contributed by atoms with Crippen molar-refractivity contribution in [2.75, 3.05) is 37.1 Å². The Labute approximate surface area is 88.4 Å². The zero-order valence-electron chi connectivity index (χ0n) is 8.44. The van der Waals surface area contributed by atoms with Crippen LogP contribution < -0.4 is 16.6 Å². The molecule has 0 aliphatic carbocycles. The van der Waals surface area contributed by atoms with E-state index in [4.69, 9.17) is 15.7 Å². The molecule has 1 aromatic rings. The third-order valence-electron chi connectivity index (χ3n) is 1.69. The van der Waals surface area contributed by atoms with E-state index in [2.05, 4.69) is 15.7 Å². The van der Waals surface area contributed by atoms with Gasteiger partial charge in [-0.05, 0) is 12.1 Å². The molecule has 0 atom stereocenters. The smallest absolute Gasteiger partial charge is 0.142 e. The van der Waals surface area contributed by atoms with Crippen molar-refractivity contribution in [2.45, 2.75) is 0 Å². The van der Waals surface area contributed by atoms with Gasteiger partial charge in [0.1, 0.15) is 11.6 Å². The van der Waals surface area contributed by atoms with Crippen LogP contribution in [0.5, 0.6) is 0 Å². The minimum Gasteiger partial charge on any atom is -0.394 e. The van der Waals surface area contributed by atoms with Gasteiger partial charge >= 0.3 is 0 Å². The van der Waals surface area contributed by atoms with Gasteiger partial charge in [-0.15, -0.1) is 0 Å². The summed E-state index contributed by atoms with van der Waals surface area (Å²) in [4.78, 5) is 4.16. The van der Waals surface area contributed by atoms with Gasteiger partial charge in [0.15, 0.2) is 0 Å². The number of nitrogens with one attached hydrogen (secondary N) is 2. The van der Waals surface area contributed by atoms with Gasteiger partial charge in [0.05, 0.1) is 19.8 Å². The first-order valence-electron chi connectivity index (χ1n) is 4.73. The molecule has 0 aliphatic rings. The minimum absolute atomic E-state index is 0.0465. The summed E-state index contributed by atoms with van der Waals surface area (Å²) in [5.74, 6) is 6.56. The van der Waals surface area contributed by atoms with Gasteiger partial charge in [0.2, 0.25) is 0 Å². The number of pyridine rings is 1. The maximum Gasteiger partial charge on any atom is 0.142 e. The summed E-state index contributed by atoms with van der Waals surface area (Å²) in [5.41, 5.74) is 2.46. The first-order valence-corrected chi connectivity index (χ1v) is 4.73. The fraction of sp³-hybridized carbons (Fsp3) is 0.444. The predicted octanol–water partition coefficient (Wildman–Crippen LogP) is -0.212. The van der Waals surface area contributed by atoms with Crippen LogP contribution in [-0.4, -0.2) is 36.5 Å². The molecule has 0 amide bonds. The number of nitrogens with two attached hydrogens (primary N) is 1. The Bertz CT molecular complexity index is 283. The molecule has 1 heterocycles. The van der Waals surface area contributed by atoms with E-state index in [1.165, 1.54) is 0 Å². The first-order chi connectivity index (χ1) is 7.36. The number of hydrazine groups is 1. The maximum absolute atomic E-state index is 8.47. The number of ether oxygens (including phenoxy) is 1. The molecule has 0 bridgehead atoms. The van der Waals surface area contributed by atoms with Crippen molar-refractivity contribution >= 4 is 11.6 Å². The number of anilines is 2. The standard InChI is InChI=1S/C9H16N4O2/c10-13-9-3-1-2-8(12-9)11-4-6-15-7-5-14/h1-3,14H,4-7,10H2,(H2,11,12,13). The van der Waals surface area contributed by atoms with E-state index in [1.54, 1.807) is 6.07 Å². The minimum atomic E-state index is 0.0465. The Morgan fingerprint density at radius 2 is 2.13 bits per heavy atom. The Hall–Kier alpha value is -1.37. The van der Waals surface area contributed by atoms with Crippen LogP contribution in [0.25, 0.3) is 0 Å². The highest BCUT2D eigenvalue weighted by atomic mass is 16.5. The number of aliphatic hydroxyl groups is 1. The number of nitrogens with zero attached hydrogens (tertiary/aromatic N) is 1. The van der Waals surface area contributed by atoms with Gasteiger partial charge < -0.3 is 20.6 Å². The van der Waals surface area contributed by atoms with Crippen LogP contribution in [0.1, 0.15) is 0 Å². The molecular formula is C9H16N4O2. The Balaban J connectivity index is 2.24. The quantitative estimate of drug-likeness (QED) is 0.284. The van der Waals surface area contributed by atoms with Gasteiger partial charge in [-0.1, -0.05) is 6.07 Å². The molecule has 0 saturated carbocycles. The lowest BCUT2D eigenvalue weighted by atomic mass is 10.4. The van der Waals surface area contributed by atoms with Crippen LogP contribution in [0.15, 0.2) is 18.2 Å². The summed E-state index contributed by atoms with van der Waals surface area (Å²) in [6, 6.07) is 5.46. The second-order valence-electron chi connectivity index (χ2n) is 2.82. The highest BCUT2D eigenvalue weighted by molar-refractivity contribution is 5.44. The Morgan fingerprint density at radius 1 is 1.33 bits per heavy atom. The van der Waals surface area contributed by atoms with E-state index < -0.39 is 0 Å². The van der Waals surface area contributed by atoms with Crippen molar-refractivity contribution in [1.29, 1.82) is 0 Å². The van der Waals surface area contributed by atoms with Crippen LogP contribution in [0.4, 0.5) is 11.6 Å². The van der Waals surface area contributed by atoms with E-state index in [1.807, 2.05) is 12.1 Å². The molecule has 15 heavy (non-hydrogen) atoms. The average molecular weight is 212 g/mol.